The predicted octanol–water partition coefficient (Wildman–Crippen LogP) is 3.99. The van der Waals surface area contributed by atoms with Crippen LogP contribution in [0.25, 0.3) is 21.9 Å². The lowest BCUT2D eigenvalue weighted by atomic mass is 9.86. The Morgan fingerprint density at radius 3 is 2.34 bits per heavy atom. The zero-order valence-corrected chi connectivity index (χ0v) is 20.5. The molecule has 0 spiro atoms. The van der Waals surface area contributed by atoms with E-state index >= 15 is 0 Å². The molecule has 0 aliphatic carbocycles. The molecule has 182 valence electrons. The maximum Gasteiger partial charge on any atom is 0.339 e. The smallest absolute Gasteiger partial charge is 0.339 e. The van der Waals surface area contributed by atoms with Gasteiger partial charge in [0.15, 0.2) is 0 Å². The second-order valence-electron chi connectivity index (χ2n) is 9.88. The molecule has 7 heteroatoms. The van der Waals surface area contributed by atoms with Crippen LogP contribution < -0.4 is 16.0 Å². The van der Waals surface area contributed by atoms with Crippen LogP contribution in [0.1, 0.15) is 61.1 Å². The van der Waals surface area contributed by atoms with Crippen molar-refractivity contribution in [3.63, 3.8) is 0 Å². The van der Waals surface area contributed by atoms with E-state index < -0.39 is 23.5 Å². The molecular formula is C28H28NO6-. The van der Waals surface area contributed by atoms with Gasteiger partial charge in [-0.3, -0.25) is 4.79 Å². The lowest BCUT2D eigenvalue weighted by molar-refractivity contribution is -0.308. The fourth-order valence-corrected chi connectivity index (χ4v) is 4.46. The Bertz CT molecular complexity index is 1490. The van der Waals surface area contributed by atoms with E-state index in [0.29, 0.717) is 22.3 Å². The van der Waals surface area contributed by atoms with Gasteiger partial charge in [-0.05, 0) is 42.9 Å². The Kier molecular flexibility index (Phi) is 6.28. The highest BCUT2D eigenvalue weighted by Gasteiger charge is 2.24. The molecule has 0 saturated heterocycles. The number of carboxylic acid groups (broad SMARTS) is 1. The van der Waals surface area contributed by atoms with Crippen LogP contribution in [0.2, 0.25) is 0 Å². The Balaban J connectivity index is 1.65. The van der Waals surface area contributed by atoms with Gasteiger partial charge in [-0.1, -0.05) is 51.1 Å². The van der Waals surface area contributed by atoms with Gasteiger partial charge in [0, 0.05) is 33.9 Å². The van der Waals surface area contributed by atoms with Gasteiger partial charge in [0.05, 0.1) is 18.3 Å². The van der Waals surface area contributed by atoms with Gasteiger partial charge in [0.25, 0.3) is 0 Å². The molecule has 0 bridgehead atoms. The third kappa shape index (κ3) is 4.58. The molecule has 2 heterocycles. The molecular weight excluding hydrogens is 446 g/mol. The van der Waals surface area contributed by atoms with E-state index in [1.54, 1.807) is 36.6 Å². The molecule has 2 aromatic carbocycles. The summed E-state index contributed by atoms with van der Waals surface area (Å²) < 4.78 is 11.5. The van der Waals surface area contributed by atoms with Crippen molar-refractivity contribution in [2.24, 2.45) is 0 Å². The first kappa shape index (κ1) is 24.3. The summed E-state index contributed by atoms with van der Waals surface area (Å²) in [7, 11) is 0. The van der Waals surface area contributed by atoms with Crippen LogP contribution in [0.3, 0.4) is 0 Å². The van der Waals surface area contributed by atoms with E-state index in [2.05, 4.69) is 26.1 Å². The van der Waals surface area contributed by atoms with Gasteiger partial charge in [-0.15, -0.1) is 0 Å². The first-order valence-corrected chi connectivity index (χ1v) is 11.5. The lowest BCUT2D eigenvalue weighted by Crippen LogP contribution is -2.41. The minimum atomic E-state index is -1.40. The molecule has 0 saturated carbocycles. The minimum absolute atomic E-state index is 0.0755. The van der Waals surface area contributed by atoms with Crippen LogP contribution in [0.4, 0.5) is 0 Å². The summed E-state index contributed by atoms with van der Waals surface area (Å²) in [5.41, 5.74) is 3.82. The van der Waals surface area contributed by atoms with Crippen LogP contribution in [0.15, 0.2) is 56.3 Å². The van der Waals surface area contributed by atoms with Gasteiger partial charge in [-0.2, -0.15) is 0 Å². The maximum absolute atomic E-state index is 12.8. The van der Waals surface area contributed by atoms with Crippen molar-refractivity contribution in [3.8, 4) is 0 Å². The van der Waals surface area contributed by atoms with Crippen LogP contribution in [0.5, 0.6) is 0 Å². The van der Waals surface area contributed by atoms with Gasteiger partial charge in [-0.25, -0.2) is 4.79 Å². The number of carbonyl (C=O) groups excluding carboxylic acids is 2. The molecule has 0 aliphatic rings. The van der Waals surface area contributed by atoms with Gasteiger partial charge >= 0.3 is 5.63 Å². The number of amides is 1. The van der Waals surface area contributed by atoms with Crippen molar-refractivity contribution in [2.45, 2.75) is 58.9 Å². The van der Waals surface area contributed by atoms with Gasteiger partial charge in [0.1, 0.15) is 11.2 Å². The topological polar surface area (TPSA) is 113 Å². The van der Waals surface area contributed by atoms with Crippen molar-refractivity contribution in [1.82, 2.24) is 5.32 Å². The second kappa shape index (κ2) is 9.06. The number of rotatable bonds is 6. The molecule has 35 heavy (non-hydrogen) atoms. The zero-order chi connectivity index (χ0) is 25.5. The van der Waals surface area contributed by atoms with E-state index in [4.69, 9.17) is 8.83 Å². The Morgan fingerprint density at radius 2 is 1.71 bits per heavy atom. The number of furan rings is 1. The summed E-state index contributed by atoms with van der Waals surface area (Å²) in [5, 5.41) is 15.8. The average molecular weight is 475 g/mol. The predicted molar refractivity (Wildman–Crippen MR) is 131 cm³/mol. The molecule has 1 atom stereocenters. The normalized spacial score (nSPS) is 12.7. The third-order valence-corrected chi connectivity index (χ3v) is 6.43. The molecule has 0 aliphatic heterocycles. The van der Waals surface area contributed by atoms with Crippen molar-refractivity contribution in [2.75, 3.05) is 0 Å². The van der Waals surface area contributed by atoms with Crippen LogP contribution in [-0.4, -0.2) is 11.9 Å². The summed E-state index contributed by atoms with van der Waals surface area (Å²) in [6, 6.07) is 9.04. The summed E-state index contributed by atoms with van der Waals surface area (Å²) in [6.07, 6.45) is 1.78. The number of hydrogen-bond donors (Lipinski definition) is 1. The standard InChI is InChI=1S/C28H29NO6/c1-15-18(11-12-22(30)29-23(26(31)32)17-9-7-6-8-10-17)27(33)35-25-16(2)24-20(13-19(15)25)21(14-34-24)28(3,4)5/h6-10,13-14,23H,11-12H2,1-5H3,(H,29,30)(H,31,32)/p-1/t23-/m0/s1. The molecule has 1 N–H and O–H groups in total. The molecule has 0 radical (unpaired) electrons. The third-order valence-electron chi connectivity index (χ3n) is 6.43. The minimum Gasteiger partial charge on any atom is -0.548 e. The molecule has 7 nitrogen and oxygen atoms in total. The number of aryl methyl sites for hydroxylation is 2. The van der Waals surface area contributed by atoms with E-state index in [1.807, 2.05) is 19.9 Å². The number of fused-ring (bicyclic) bond motifs is 2. The molecule has 0 fully saturated rings. The Hall–Kier alpha value is -3.87. The number of nitrogens with one attached hydrogen (secondary N) is 1. The van der Waals surface area contributed by atoms with Gasteiger partial charge < -0.3 is 24.1 Å². The van der Waals surface area contributed by atoms with Crippen LogP contribution in [0, 0.1) is 13.8 Å². The second-order valence-corrected chi connectivity index (χ2v) is 9.88. The quantitative estimate of drug-likeness (QED) is 0.423. The van der Waals surface area contributed by atoms with E-state index in [0.717, 1.165) is 27.5 Å². The lowest BCUT2D eigenvalue weighted by Gasteiger charge is -2.20. The van der Waals surface area contributed by atoms with Crippen molar-refractivity contribution in [3.05, 3.63) is 80.9 Å². The maximum atomic E-state index is 12.8. The molecule has 2 aromatic heterocycles. The highest BCUT2D eigenvalue weighted by atomic mass is 16.4. The van der Waals surface area contributed by atoms with Crippen LogP contribution >= 0.6 is 0 Å². The fraction of sp³-hybridized carbons (Fsp3) is 0.321. The monoisotopic (exact) mass is 474 g/mol. The molecule has 4 rings (SSSR count). The van der Waals surface area contributed by atoms with E-state index in [-0.39, 0.29) is 18.3 Å². The number of carbonyl (C=O) groups is 2. The average Bonchev–Trinajstić information content (AvgIpc) is 3.24. The molecule has 1 amide bonds. The fourth-order valence-electron chi connectivity index (χ4n) is 4.46. The van der Waals surface area contributed by atoms with Crippen molar-refractivity contribution < 1.29 is 23.5 Å². The summed E-state index contributed by atoms with van der Waals surface area (Å²) >= 11 is 0. The number of carboxylic acids is 1. The summed E-state index contributed by atoms with van der Waals surface area (Å²) in [4.78, 5) is 37.0. The SMILES string of the molecule is Cc1c(CCC(=O)N[C@H](C(=O)[O-])c2ccccc2)c(=O)oc2c(C)c3occ(C(C)(C)C)c3cc12. The molecule has 4 aromatic rings. The highest BCUT2D eigenvalue weighted by Crippen LogP contribution is 2.37. The van der Waals surface area contributed by atoms with E-state index in [9.17, 15) is 19.5 Å². The van der Waals surface area contributed by atoms with E-state index in [1.165, 1.54) is 0 Å². The van der Waals surface area contributed by atoms with Crippen LogP contribution in [-0.2, 0) is 21.4 Å². The first-order valence-electron chi connectivity index (χ1n) is 11.5. The highest BCUT2D eigenvalue weighted by molar-refractivity contribution is 6.00. The number of benzene rings is 2. The summed E-state index contributed by atoms with van der Waals surface area (Å²) in [6.45, 7) is 10.0. The zero-order valence-electron chi connectivity index (χ0n) is 20.5. The first-order chi connectivity index (χ1) is 16.5. The summed E-state index contributed by atoms with van der Waals surface area (Å²) in [5.74, 6) is -1.90. The molecule has 0 unspecified atom stereocenters. The number of hydrogen-bond acceptors (Lipinski definition) is 6. The Labute approximate surface area is 202 Å². The largest absolute Gasteiger partial charge is 0.548 e. The van der Waals surface area contributed by atoms with Crippen molar-refractivity contribution in [1.29, 1.82) is 0 Å². The number of aliphatic carboxylic acids is 1. The van der Waals surface area contributed by atoms with Crippen molar-refractivity contribution >= 4 is 33.8 Å². The van der Waals surface area contributed by atoms with Gasteiger partial charge in [0.2, 0.25) is 5.91 Å². The Morgan fingerprint density at radius 1 is 1.03 bits per heavy atom.